The van der Waals surface area contributed by atoms with Crippen molar-refractivity contribution in [2.75, 3.05) is 5.32 Å². The molecular weight excluding hydrogens is 681 g/mol. The van der Waals surface area contributed by atoms with Crippen molar-refractivity contribution in [2.45, 2.75) is 11.3 Å². The van der Waals surface area contributed by atoms with E-state index in [2.05, 4.69) is 82.4 Å². The van der Waals surface area contributed by atoms with E-state index in [4.69, 9.17) is 28.2 Å². The van der Waals surface area contributed by atoms with Crippen LogP contribution >= 0.6 is 71.0 Å². The van der Waals surface area contributed by atoms with Gasteiger partial charge >= 0.3 is 0 Å². The number of rotatable bonds is 5. The number of anilines is 1. The normalized spacial score (nSPS) is 11.5. The zero-order chi connectivity index (χ0) is 24.7. The quantitative estimate of drug-likeness (QED) is 0.180. The Bertz CT molecular complexity index is 1600. The number of benzene rings is 3. The van der Waals surface area contributed by atoms with Gasteiger partial charge in [0.2, 0.25) is 0 Å². The number of aromatic nitrogens is 2. The fourth-order valence-electron chi connectivity index (χ4n) is 4.00. The summed E-state index contributed by atoms with van der Waals surface area (Å²) in [6, 6.07) is 22.1. The zero-order valence-electron chi connectivity index (χ0n) is 17.9. The van der Waals surface area contributed by atoms with Crippen LogP contribution in [-0.2, 0) is 11.2 Å². The highest BCUT2D eigenvalue weighted by Gasteiger charge is 2.17. The molecule has 0 aliphatic heterocycles. The number of fused-ring (bicyclic) bond motifs is 2. The summed E-state index contributed by atoms with van der Waals surface area (Å²) in [7, 11) is 0. The molecule has 2 aromatic heterocycles. The first-order valence-electron chi connectivity index (χ1n) is 10.5. The second-order valence-electron chi connectivity index (χ2n) is 8.00. The predicted molar refractivity (Wildman–Crippen MR) is 156 cm³/mol. The number of nitrogens with one attached hydrogen (secondary N) is 2. The Balaban J connectivity index is 1.66. The van der Waals surface area contributed by atoms with E-state index in [1.807, 2.05) is 42.5 Å². The van der Waals surface area contributed by atoms with E-state index >= 15 is 0 Å². The van der Waals surface area contributed by atoms with Crippen molar-refractivity contribution in [1.82, 2.24) is 9.97 Å². The van der Waals surface area contributed by atoms with Crippen LogP contribution in [0.1, 0.15) is 11.3 Å². The molecule has 0 bridgehead atoms. The summed E-state index contributed by atoms with van der Waals surface area (Å²) in [5, 5.41) is 4.94. The first kappa shape index (κ1) is 24.8. The number of amides is 1. The first-order valence-corrected chi connectivity index (χ1v) is 13.8. The fraction of sp³-hybridized carbons (Fsp3) is 0.0769. The van der Waals surface area contributed by atoms with Crippen LogP contribution in [0.15, 0.2) is 80.1 Å². The second-order valence-corrected chi connectivity index (χ2v) is 11.8. The molecule has 5 aromatic rings. The van der Waals surface area contributed by atoms with E-state index in [0.29, 0.717) is 12.1 Å². The third kappa shape index (κ3) is 5.44. The molecule has 0 radical (unpaired) electrons. The minimum absolute atomic E-state index is 0.477. The van der Waals surface area contributed by atoms with E-state index in [1.165, 1.54) is 0 Å². The lowest BCUT2D eigenvalue weighted by Crippen LogP contribution is -2.19. The summed E-state index contributed by atoms with van der Waals surface area (Å²) in [4.78, 5) is 19.6. The minimum atomic E-state index is -1.16. The van der Waals surface area contributed by atoms with Crippen LogP contribution < -0.4 is 5.32 Å². The molecular formula is C26H16Br3Cl2N3O. The van der Waals surface area contributed by atoms with Crippen LogP contribution in [0.4, 0.5) is 5.69 Å². The Morgan fingerprint density at radius 2 is 1.57 bits per heavy atom. The van der Waals surface area contributed by atoms with Crippen LogP contribution in [0.2, 0.25) is 0 Å². The number of hydrogen-bond donors (Lipinski definition) is 2. The Hall–Kier alpha value is -1.90. The molecule has 176 valence electrons. The molecule has 0 aliphatic rings. The van der Waals surface area contributed by atoms with Gasteiger partial charge in [0.15, 0.2) is 4.84 Å². The number of aromatic amines is 1. The second kappa shape index (κ2) is 10.2. The first-order chi connectivity index (χ1) is 16.8. The van der Waals surface area contributed by atoms with Crippen LogP contribution in [0.3, 0.4) is 0 Å². The van der Waals surface area contributed by atoms with E-state index < -0.39 is 10.7 Å². The molecule has 3 aromatic carbocycles. The molecule has 0 unspecified atom stereocenters. The molecule has 2 heterocycles. The van der Waals surface area contributed by atoms with E-state index in [1.54, 1.807) is 0 Å². The number of hydrogen-bond acceptors (Lipinski definition) is 2. The van der Waals surface area contributed by atoms with E-state index in [9.17, 15) is 4.79 Å². The van der Waals surface area contributed by atoms with Gasteiger partial charge in [-0.3, -0.25) is 9.78 Å². The maximum Gasteiger partial charge on any atom is 0.257 e. The summed E-state index contributed by atoms with van der Waals surface area (Å²) in [5.74, 6) is -0.477. The molecule has 0 aliphatic carbocycles. The summed E-state index contributed by atoms with van der Waals surface area (Å²) < 4.78 is 2.89. The smallest absolute Gasteiger partial charge is 0.257 e. The van der Waals surface area contributed by atoms with Crippen LogP contribution in [0, 0.1) is 0 Å². The molecule has 4 nitrogen and oxygen atoms in total. The SMILES string of the molecule is O=C(Nc1ccc(Br)cc1Cc1nc2ccc(Br)cc2cc1-c1cc2cc(Br)ccc2[nH]1)C(Cl)Cl. The number of halogens is 5. The van der Waals surface area contributed by atoms with Crippen molar-refractivity contribution in [3.63, 3.8) is 0 Å². The van der Waals surface area contributed by atoms with Gasteiger partial charge in [0, 0.05) is 53.1 Å². The highest BCUT2D eigenvalue weighted by Crippen LogP contribution is 2.34. The Morgan fingerprint density at radius 1 is 0.886 bits per heavy atom. The van der Waals surface area contributed by atoms with Crippen molar-refractivity contribution < 1.29 is 4.79 Å². The number of carbonyl (C=O) groups excluding carboxylic acids is 1. The van der Waals surface area contributed by atoms with Gasteiger partial charge in [-0.05, 0) is 72.3 Å². The molecule has 35 heavy (non-hydrogen) atoms. The summed E-state index contributed by atoms with van der Waals surface area (Å²) in [6.07, 6.45) is 0.477. The number of carbonyl (C=O) groups is 1. The van der Waals surface area contributed by atoms with Crippen LogP contribution in [0.5, 0.6) is 0 Å². The molecule has 5 rings (SSSR count). The molecule has 0 atom stereocenters. The van der Waals surface area contributed by atoms with Crippen molar-refractivity contribution in [2.24, 2.45) is 0 Å². The van der Waals surface area contributed by atoms with Crippen molar-refractivity contribution in [3.05, 3.63) is 91.4 Å². The van der Waals surface area contributed by atoms with Crippen molar-refractivity contribution >= 4 is 104 Å². The lowest BCUT2D eigenvalue weighted by Gasteiger charge is -2.15. The van der Waals surface area contributed by atoms with E-state index in [-0.39, 0.29) is 0 Å². The van der Waals surface area contributed by atoms with Gasteiger partial charge in [-0.15, -0.1) is 0 Å². The lowest BCUT2D eigenvalue weighted by atomic mass is 9.99. The Morgan fingerprint density at radius 3 is 2.34 bits per heavy atom. The lowest BCUT2D eigenvalue weighted by molar-refractivity contribution is -0.114. The standard InChI is InChI=1S/C26H16Br3Cl2N3O/c27-16-1-4-20-13(7-16)10-19(23-11-14-8-17(28)2-5-21(14)33-23)24(32-20)12-15-9-18(29)3-6-22(15)34-26(35)25(30)31/h1-11,25,33H,12H2,(H,34,35). The van der Waals surface area contributed by atoms with Crippen molar-refractivity contribution in [1.29, 1.82) is 0 Å². The Kier molecular flexibility index (Phi) is 7.24. The molecule has 9 heteroatoms. The Labute approximate surface area is 236 Å². The topological polar surface area (TPSA) is 57.8 Å². The van der Waals surface area contributed by atoms with Gasteiger partial charge in [-0.1, -0.05) is 71.0 Å². The largest absolute Gasteiger partial charge is 0.354 e. The molecule has 0 saturated carbocycles. The number of pyridine rings is 1. The van der Waals surface area contributed by atoms with Gasteiger partial charge in [0.25, 0.3) is 5.91 Å². The average molecular weight is 697 g/mol. The van der Waals surface area contributed by atoms with Crippen LogP contribution in [0.25, 0.3) is 33.1 Å². The highest BCUT2D eigenvalue weighted by molar-refractivity contribution is 9.11. The van der Waals surface area contributed by atoms with Gasteiger partial charge in [-0.25, -0.2) is 0 Å². The summed E-state index contributed by atoms with van der Waals surface area (Å²) in [6.45, 7) is 0. The molecule has 1 amide bonds. The molecule has 0 saturated heterocycles. The van der Waals surface area contributed by atoms with E-state index in [0.717, 1.165) is 57.7 Å². The fourth-order valence-corrected chi connectivity index (χ4v) is 5.28. The summed E-state index contributed by atoms with van der Waals surface area (Å²) >= 11 is 22.2. The predicted octanol–water partition coefficient (Wildman–Crippen LogP) is 9.00. The number of nitrogens with zero attached hydrogens (tertiary/aromatic N) is 1. The average Bonchev–Trinajstić information content (AvgIpc) is 3.23. The number of H-pyrrole nitrogens is 1. The minimum Gasteiger partial charge on any atom is -0.354 e. The number of alkyl halides is 2. The van der Waals surface area contributed by atoms with Crippen LogP contribution in [-0.4, -0.2) is 20.7 Å². The maximum absolute atomic E-state index is 12.2. The maximum atomic E-state index is 12.2. The zero-order valence-corrected chi connectivity index (χ0v) is 24.2. The highest BCUT2D eigenvalue weighted by atomic mass is 79.9. The van der Waals surface area contributed by atoms with Gasteiger partial charge in [-0.2, -0.15) is 0 Å². The monoisotopic (exact) mass is 693 g/mol. The summed E-state index contributed by atoms with van der Waals surface area (Å²) in [5.41, 5.74) is 6.24. The molecule has 0 fully saturated rings. The van der Waals surface area contributed by atoms with Crippen molar-refractivity contribution in [3.8, 4) is 11.3 Å². The third-order valence-corrected chi connectivity index (χ3v) is 7.49. The van der Waals surface area contributed by atoms with Gasteiger partial charge in [0.05, 0.1) is 11.2 Å². The third-order valence-electron chi connectivity index (χ3n) is 5.61. The van der Waals surface area contributed by atoms with Gasteiger partial charge < -0.3 is 10.3 Å². The molecule has 2 N–H and O–H groups in total. The van der Waals surface area contributed by atoms with Gasteiger partial charge in [0.1, 0.15) is 0 Å². The molecule has 0 spiro atoms.